The van der Waals surface area contributed by atoms with Crippen molar-refractivity contribution >= 4 is 17.1 Å². The Morgan fingerprint density at radius 3 is 2.11 bits per heavy atom. The van der Waals surface area contributed by atoms with Gasteiger partial charge in [-0.05, 0) is 36.1 Å². The van der Waals surface area contributed by atoms with Crippen LogP contribution in [0.25, 0.3) is 0 Å². The van der Waals surface area contributed by atoms with E-state index in [-0.39, 0.29) is 39.9 Å². The van der Waals surface area contributed by atoms with Crippen LogP contribution in [0.2, 0.25) is 22.2 Å². The van der Waals surface area contributed by atoms with Crippen LogP contribution in [0.3, 0.4) is 0 Å². The third-order valence-corrected chi connectivity index (χ3v) is 18.5. The molecular formula is C24H43N3O6Si2. The van der Waals surface area contributed by atoms with Crippen molar-refractivity contribution in [2.24, 2.45) is 0 Å². The molecule has 0 unspecified atom stereocenters. The molecule has 0 saturated carbocycles. The van der Waals surface area contributed by atoms with Gasteiger partial charge >= 0.3 is 22.8 Å². The average Bonchev–Trinajstić information content (AvgIpc) is 3.17. The molecule has 9 nitrogen and oxygen atoms in total. The van der Waals surface area contributed by atoms with Crippen LogP contribution in [0.5, 0.6) is 0 Å². The monoisotopic (exact) mass is 525 g/mol. The minimum atomic E-state index is -2.82. The fourth-order valence-electron chi connectivity index (χ4n) is 6.42. The molecule has 0 aromatic carbocycles. The van der Waals surface area contributed by atoms with E-state index >= 15 is 0 Å². The van der Waals surface area contributed by atoms with Crippen LogP contribution in [0.1, 0.15) is 67.2 Å². The quantitative estimate of drug-likeness (QED) is 0.589. The number of hydrogen-bond acceptors (Lipinski definition) is 7. The highest BCUT2D eigenvalue weighted by Crippen LogP contribution is 2.54. The highest BCUT2D eigenvalue weighted by atomic mass is 28.5. The van der Waals surface area contributed by atoms with Gasteiger partial charge in [0.05, 0.1) is 18.8 Å². The Labute approximate surface area is 210 Å². The maximum atomic E-state index is 12.9. The summed E-state index contributed by atoms with van der Waals surface area (Å²) in [5, 5.41) is 0. The molecule has 0 radical (unpaired) electrons. The SMILES string of the molecule is Cc1cn([C@@H]2O[C@]34CO[Si](C(C)C)(C(C)C)O[Si](C(C)C)(C(C)C)O[C@H]3[C@@H]2N(C)C4)c(=O)[nH]c1=O. The van der Waals surface area contributed by atoms with E-state index in [4.69, 9.17) is 17.7 Å². The Hall–Kier alpha value is -1.09. The summed E-state index contributed by atoms with van der Waals surface area (Å²) in [6.07, 6.45) is 0.696. The van der Waals surface area contributed by atoms with Gasteiger partial charge in [0.1, 0.15) is 5.60 Å². The molecule has 3 aliphatic heterocycles. The molecule has 4 heterocycles. The number of aromatic nitrogens is 2. The van der Waals surface area contributed by atoms with Crippen molar-refractivity contribution in [3.05, 3.63) is 32.6 Å². The van der Waals surface area contributed by atoms with Gasteiger partial charge in [-0.2, -0.15) is 0 Å². The Bertz CT molecular complexity index is 1050. The highest BCUT2D eigenvalue weighted by molar-refractivity contribution is 6.84. The van der Waals surface area contributed by atoms with Crippen LogP contribution in [-0.4, -0.2) is 69.5 Å². The van der Waals surface area contributed by atoms with Crippen molar-refractivity contribution in [1.82, 2.24) is 14.5 Å². The van der Waals surface area contributed by atoms with E-state index in [9.17, 15) is 9.59 Å². The Balaban J connectivity index is 1.88. The Morgan fingerprint density at radius 2 is 1.57 bits per heavy atom. The van der Waals surface area contributed by atoms with Crippen LogP contribution >= 0.6 is 0 Å². The number of ether oxygens (including phenoxy) is 1. The topological polar surface area (TPSA) is 95.0 Å². The zero-order valence-electron chi connectivity index (χ0n) is 22.9. The standard InChI is InChI=1S/C24H43N3O6Si2/c1-14(2)34(15(3)4)30-13-24-12-26(10)19(20(24)32-35(33-34,16(5)6)17(7)8)22(31-24)27-11-18(9)21(28)25-23(27)29/h11,14-17,19-20,22H,12-13H2,1-10H3,(H,25,28,29)/t19-,20-,22+,24+/m0/s1. The first-order valence-corrected chi connectivity index (χ1v) is 16.9. The lowest BCUT2D eigenvalue weighted by molar-refractivity contribution is -0.154. The molecule has 1 aromatic heterocycles. The zero-order valence-corrected chi connectivity index (χ0v) is 24.9. The number of hydrogen-bond donors (Lipinski definition) is 1. The predicted molar refractivity (Wildman–Crippen MR) is 139 cm³/mol. The first-order valence-electron chi connectivity index (χ1n) is 12.9. The van der Waals surface area contributed by atoms with Gasteiger partial charge < -0.3 is 17.7 Å². The molecule has 0 amide bonds. The average molecular weight is 526 g/mol. The molecule has 2 bridgehead atoms. The largest absolute Gasteiger partial charge is 0.414 e. The van der Waals surface area contributed by atoms with E-state index in [1.165, 1.54) is 4.57 Å². The number of nitrogens with zero attached hydrogens (tertiary/aromatic N) is 2. The van der Waals surface area contributed by atoms with E-state index in [1.54, 1.807) is 13.1 Å². The fraction of sp³-hybridized carbons (Fsp3) is 0.833. The smallest absolute Gasteiger partial charge is 0.335 e. The number of nitrogens with one attached hydrogen (secondary N) is 1. The van der Waals surface area contributed by atoms with Crippen LogP contribution in [0.4, 0.5) is 0 Å². The van der Waals surface area contributed by atoms with Crippen molar-refractivity contribution < 1.29 is 17.7 Å². The molecule has 3 saturated heterocycles. The maximum absolute atomic E-state index is 12.9. The van der Waals surface area contributed by atoms with Gasteiger partial charge in [0, 0.05) is 18.3 Å². The fourth-order valence-corrected chi connectivity index (χ4v) is 17.7. The van der Waals surface area contributed by atoms with Crippen molar-refractivity contribution in [3.8, 4) is 0 Å². The van der Waals surface area contributed by atoms with Gasteiger partial charge in [-0.15, -0.1) is 0 Å². The van der Waals surface area contributed by atoms with E-state index in [1.807, 2.05) is 7.05 Å². The van der Waals surface area contributed by atoms with Gasteiger partial charge in [-0.25, -0.2) is 4.79 Å². The number of likely N-dealkylation sites (tertiary alicyclic amines) is 1. The molecule has 1 N–H and O–H groups in total. The van der Waals surface area contributed by atoms with Crippen molar-refractivity contribution in [1.29, 1.82) is 0 Å². The molecule has 198 valence electrons. The molecule has 4 atom stereocenters. The summed E-state index contributed by atoms with van der Waals surface area (Å²) in [6, 6.07) is -0.207. The van der Waals surface area contributed by atoms with Gasteiger partial charge in [-0.1, -0.05) is 55.4 Å². The summed E-state index contributed by atoms with van der Waals surface area (Å²) >= 11 is 0. The molecule has 3 aliphatic rings. The van der Waals surface area contributed by atoms with Crippen molar-refractivity contribution in [2.75, 3.05) is 20.2 Å². The van der Waals surface area contributed by atoms with Crippen molar-refractivity contribution in [3.63, 3.8) is 0 Å². The summed E-state index contributed by atoms with van der Waals surface area (Å²) < 4.78 is 29.9. The third kappa shape index (κ3) is 3.98. The van der Waals surface area contributed by atoms with E-state index in [0.29, 0.717) is 18.7 Å². The number of H-pyrrole nitrogens is 1. The highest BCUT2D eigenvalue weighted by Gasteiger charge is 2.70. The summed E-state index contributed by atoms with van der Waals surface area (Å²) in [5.41, 5.74) is -0.234. The molecular weight excluding hydrogens is 482 g/mol. The number of likely N-dealkylation sites (N-methyl/N-ethyl adjacent to an activating group) is 1. The van der Waals surface area contributed by atoms with E-state index < -0.39 is 34.6 Å². The van der Waals surface area contributed by atoms with Crippen LogP contribution < -0.4 is 11.2 Å². The second-order valence-corrected chi connectivity index (χ2v) is 20.8. The number of aryl methyl sites for hydroxylation is 1. The van der Waals surface area contributed by atoms with Gasteiger partial charge in [-0.3, -0.25) is 19.2 Å². The van der Waals surface area contributed by atoms with Crippen LogP contribution in [0.15, 0.2) is 15.8 Å². The summed E-state index contributed by atoms with van der Waals surface area (Å²) in [5.74, 6) is 0. The number of morpholine rings is 1. The molecule has 4 rings (SSSR count). The lowest BCUT2D eigenvalue weighted by Crippen LogP contribution is -2.67. The third-order valence-electron chi connectivity index (χ3n) is 8.31. The molecule has 11 heteroatoms. The molecule has 35 heavy (non-hydrogen) atoms. The lowest BCUT2D eigenvalue weighted by atomic mass is 10.0. The normalized spacial score (nSPS) is 32.5. The summed E-state index contributed by atoms with van der Waals surface area (Å²) in [6.45, 7) is 20.3. The predicted octanol–water partition coefficient (Wildman–Crippen LogP) is 3.38. The van der Waals surface area contributed by atoms with Gasteiger partial charge in [0.25, 0.3) is 5.56 Å². The summed E-state index contributed by atoms with van der Waals surface area (Å²) in [4.78, 5) is 29.5. The molecule has 0 aliphatic carbocycles. The minimum absolute atomic E-state index is 0.201. The first-order chi connectivity index (χ1) is 16.2. The minimum Gasteiger partial charge on any atom is -0.414 e. The van der Waals surface area contributed by atoms with Crippen LogP contribution in [0, 0.1) is 6.92 Å². The Kier molecular flexibility index (Phi) is 6.96. The van der Waals surface area contributed by atoms with Crippen LogP contribution in [-0.2, 0) is 17.7 Å². The molecule has 3 fully saturated rings. The molecule has 0 spiro atoms. The van der Waals surface area contributed by atoms with Gasteiger partial charge in [0.2, 0.25) is 0 Å². The number of aromatic amines is 1. The Morgan fingerprint density at radius 1 is 1.00 bits per heavy atom. The maximum Gasteiger partial charge on any atom is 0.335 e. The van der Waals surface area contributed by atoms with Gasteiger partial charge in [0.15, 0.2) is 6.23 Å². The van der Waals surface area contributed by atoms with E-state index in [0.717, 1.165) is 0 Å². The molecule has 1 aromatic rings. The lowest BCUT2D eigenvalue weighted by Gasteiger charge is -2.52. The zero-order chi connectivity index (χ0) is 26.1. The summed E-state index contributed by atoms with van der Waals surface area (Å²) in [7, 11) is -3.49. The number of rotatable bonds is 5. The van der Waals surface area contributed by atoms with Crippen molar-refractivity contribution in [2.45, 2.75) is 108 Å². The first kappa shape index (κ1) is 27.0. The van der Waals surface area contributed by atoms with E-state index in [2.05, 4.69) is 65.3 Å². The second-order valence-electron chi connectivity index (χ2n) is 11.9. The second kappa shape index (κ2) is 9.03.